The molecule has 1 aromatic heterocycles. The maximum absolute atomic E-state index is 13.6. The minimum atomic E-state index is -4.43. The Morgan fingerprint density at radius 3 is 2.68 bits per heavy atom. The molecule has 0 radical (unpaired) electrons. The molecule has 1 aliphatic rings. The zero-order valence-corrected chi connectivity index (χ0v) is 16.8. The summed E-state index contributed by atoms with van der Waals surface area (Å²) in [4.78, 5) is 13.9. The molecule has 0 spiro atoms. The van der Waals surface area contributed by atoms with Gasteiger partial charge in [-0.25, -0.2) is 0 Å². The van der Waals surface area contributed by atoms with Crippen molar-refractivity contribution in [1.82, 2.24) is 4.98 Å². The van der Waals surface area contributed by atoms with Crippen molar-refractivity contribution in [1.29, 1.82) is 0 Å². The lowest BCUT2D eigenvalue weighted by atomic mass is 9.96. The van der Waals surface area contributed by atoms with Gasteiger partial charge in [-0.2, -0.15) is 13.2 Å². The first kappa shape index (κ1) is 21.0. The largest absolute Gasteiger partial charge is 0.489 e. The fourth-order valence-corrected chi connectivity index (χ4v) is 3.91. The van der Waals surface area contributed by atoms with Gasteiger partial charge in [0.2, 0.25) is 0 Å². The van der Waals surface area contributed by atoms with Gasteiger partial charge in [0.05, 0.1) is 12.0 Å². The van der Waals surface area contributed by atoms with Crippen molar-refractivity contribution >= 4 is 22.4 Å². The number of alkyl halides is 3. The first-order chi connectivity index (χ1) is 14.8. The van der Waals surface area contributed by atoms with E-state index >= 15 is 0 Å². The summed E-state index contributed by atoms with van der Waals surface area (Å²) in [6.07, 6.45) is 0.259. The van der Waals surface area contributed by atoms with E-state index in [2.05, 4.69) is 4.98 Å². The van der Waals surface area contributed by atoms with Crippen molar-refractivity contribution < 1.29 is 27.8 Å². The molecule has 0 atom stereocenters. The van der Waals surface area contributed by atoms with Gasteiger partial charge in [0.1, 0.15) is 12.4 Å². The lowest BCUT2D eigenvalue weighted by Crippen LogP contribution is -2.10. The fraction of sp³-hybridized carbons (Fsp3) is 0.292. The molecule has 3 aromatic rings. The molecular weight excluding hydrogens is 407 g/mol. The molecule has 162 valence electrons. The molecule has 4 nitrogen and oxygen atoms in total. The first-order valence-electron chi connectivity index (χ1n) is 10.2. The molecule has 4 rings (SSSR count). The predicted octanol–water partition coefficient (Wildman–Crippen LogP) is 6.35. The summed E-state index contributed by atoms with van der Waals surface area (Å²) in [6, 6.07) is 11.6. The van der Waals surface area contributed by atoms with Crippen LogP contribution in [0.25, 0.3) is 16.5 Å². The molecule has 31 heavy (non-hydrogen) atoms. The second-order valence-corrected chi connectivity index (χ2v) is 7.73. The predicted molar refractivity (Wildman–Crippen MR) is 112 cm³/mol. The molecule has 7 heteroatoms. The number of benzene rings is 2. The minimum absolute atomic E-state index is 0.0181. The van der Waals surface area contributed by atoms with Crippen LogP contribution in [0.2, 0.25) is 0 Å². The lowest BCUT2D eigenvalue weighted by Gasteiger charge is -2.16. The Labute approximate surface area is 177 Å². The lowest BCUT2D eigenvalue weighted by molar-refractivity contribution is -0.138. The van der Waals surface area contributed by atoms with Crippen LogP contribution in [0, 0.1) is 0 Å². The maximum Gasteiger partial charge on any atom is 0.417 e. The number of aryl methyl sites for hydroxylation is 1. The molecule has 0 saturated heterocycles. The number of fused-ring (bicyclic) bond motifs is 1. The quantitative estimate of drug-likeness (QED) is 0.460. The average Bonchev–Trinajstić information content (AvgIpc) is 3.39. The minimum Gasteiger partial charge on any atom is -0.489 e. The zero-order valence-electron chi connectivity index (χ0n) is 16.8. The van der Waals surface area contributed by atoms with Crippen molar-refractivity contribution in [3.63, 3.8) is 0 Å². The molecule has 0 fully saturated rings. The number of aromatic nitrogens is 1. The van der Waals surface area contributed by atoms with E-state index < -0.39 is 17.7 Å². The third kappa shape index (κ3) is 4.93. The Bertz CT molecular complexity index is 1140. The average molecular weight is 429 g/mol. The van der Waals surface area contributed by atoms with Crippen LogP contribution in [0.5, 0.6) is 5.75 Å². The van der Waals surface area contributed by atoms with Gasteiger partial charge in [-0.3, -0.25) is 4.79 Å². The van der Waals surface area contributed by atoms with Crippen molar-refractivity contribution in [3.8, 4) is 5.75 Å². The number of hydrogen-bond donors (Lipinski definition) is 2. The second kappa shape index (κ2) is 8.49. The number of aromatic amines is 1. The summed E-state index contributed by atoms with van der Waals surface area (Å²) in [5.74, 6) is -0.330. The van der Waals surface area contributed by atoms with Gasteiger partial charge in [-0.05, 0) is 72.7 Å². The number of halogens is 3. The van der Waals surface area contributed by atoms with Gasteiger partial charge in [0.15, 0.2) is 0 Å². The normalized spacial score (nSPS) is 14.1. The third-order valence-electron chi connectivity index (χ3n) is 5.44. The van der Waals surface area contributed by atoms with E-state index in [9.17, 15) is 18.0 Å². The number of allylic oxidation sites excluding steroid dienone is 2. The molecule has 0 unspecified atom stereocenters. The summed E-state index contributed by atoms with van der Waals surface area (Å²) in [5.41, 5.74) is 2.51. The van der Waals surface area contributed by atoms with Crippen molar-refractivity contribution in [2.45, 2.75) is 44.9 Å². The van der Waals surface area contributed by atoms with Gasteiger partial charge in [0.25, 0.3) is 0 Å². The monoisotopic (exact) mass is 429 g/mol. The van der Waals surface area contributed by atoms with Crippen LogP contribution in [0.4, 0.5) is 13.2 Å². The number of H-pyrrole nitrogens is 1. The van der Waals surface area contributed by atoms with E-state index in [-0.39, 0.29) is 18.6 Å². The Morgan fingerprint density at radius 1 is 1.13 bits per heavy atom. The highest BCUT2D eigenvalue weighted by Gasteiger charge is 2.34. The molecule has 0 aliphatic heterocycles. The standard InChI is InChI=1S/C24H22F3NO3/c25-24(26,27)21-11-15(5-8-20(21)16-3-1-2-4-16)14-31-19-7-9-22-17(13-19)12-18(28-22)6-10-23(29)30/h3,5,7-9,11-13,28H,1-2,4,6,10,14H2,(H,29,30). The van der Waals surface area contributed by atoms with Crippen LogP contribution in [0.3, 0.4) is 0 Å². The van der Waals surface area contributed by atoms with Crippen LogP contribution in [-0.4, -0.2) is 16.1 Å². The third-order valence-corrected chi connectivity index (χ3v) is 5.44. The van der Waals surface area contributed by atoms with Gasteiger partial charge in [-0.1, -0.05) is 18.2 Å². The molecular formula is C24H22F3NO3. The summed E-state index contributed by atoms with van der Waals surface area (Å²) in [7, 11) is 0. The van der Waals surface area contributed by atoms with Crippen LogP contribution in [0.1, 0.15) is 48.1 Å². The molecule has 2 N–H and O–H groups in total. The molecule has 0 amide bonds. The second-order valence-electron chi connectivity index (χ2n) is 7.73. The fourth-order valence-electron chi connectivity index (χ4n) is 3.91. The number of carboxylic acids is 1. The van der Waals surface area contributed by atoms with Crippen LogP contribution >= 0.6 is 0 Å². The summed E-state index contributed by atoms with van der Waals surface area (Å²) >= 11 is 0. The van der Waals surface area contributed by atoms with Crippen molar-refractivity contribution in [3.05, 3.63) is 70.9 Å². The molecule has 1 heterocycles. The Morgan fingerprint density at radius 2 is 1.97 bits per heavy atom. The van der Waals surface area contributed by atoms with E-state index in [0.717, 1.165) is 35.0 Å². The molecule has 0 saturated carbocycles. The van der Waals surface area contributed by atoms with Gasteiger partial charge >= 0.3 is 12.1 Å². The van der Waals surface area contributed by atoms with Gasteiger partial charge < -0.3 is 14.8 Å². The number of carboxylic acid groups (broad SMARTS) is 1. The highest BCUT2D eigenvalue weighted by molar-refractivity contribution is 5.82. The number of rotatable bonds is 7. The van der Waals surface area contributed by atoms with E-state index in [1.165, 1.54) is 6.07 Å². The van der Waals surface area contributed by atoms with Crippen LogP contribution in [-0.2, 0) is 24.0 Å². The molecule has 2 aromatic carbocycles. The number of ether oxygens (including phenoxy) is 1. The topological polar surface area (TPSA) is 62.3 Å². The first-order valence-corrected chi connectivity index (χ1v) is 10.2. The molecule has 0 bridgehead atoms. The number of nitrogens with one attached hydrogen (secondary N) is 1. The van der Waals surface area contributed by atoms with Crippen LogP contribution < -0.4 is 4.74 Å². The number of hydrogen-bond acceptors (Lipinski definition) is 2. The highest BCUT2D eigenvalue weighted by Crippen LogP contribution is 2.39. The number of aliphatic carboxylic acids is 1. The van der Waals surface area contributed by atoms with Crippen molar-refractivity contribution in [2.75, 3.05) is 0 Å². The van der Waals surface area contributed by atoms with Crippen molar-refractivity contribution in [2.24, 2.45) is 0 Å². The SMILES string of the molecule is O=C(O)CCc1cc2cc(OCc3ccc(C4=CCCC4)c(C(F)(F)F)c3)ccc2[nH]1. The van der Waals surface area contributed by atoms with E-state index in [1.54, 1.807) is 24.3 Å². The zero-order chi connectivity index (χ0) is 22.0. The smallest absolute Gasteiger partial charge is 0.417 e. The number of carbonyl (C=O) groups is 1. The Balaban J connectivity index is 1.50. The highest BCUT2D eigenvalue weighted by atomic mass is 19.4. The van der Waals surface area contributed by atoms with E-state index in [1.807, 2.05) is 18.2 Å². The van der Waals surface area contributed by atoms with E-state index in [4.69, 9.17) is 9.84 Å². The van der Waals surface area contributed by atoms with Crippen LogP contribution in [0.15, 0.2) is 48.5 Å². The summed E-state index contributed by atoms with van der Waals surface area (Å²) in [6.45, 7) is 0.0181. The van der Waals surface area contributed by atoms with Gasteiger partial charge in [-0.15, -0.1) is 0 Å². The Kier molecular flexibility index (Phi) is 5.76. The molecule has 1 aliphatic carbocycles. The Hall–Kier alpha value is -3.22. The summed E-state index contributed by atoms with van der Waals surface area (Å²) in [5, 5.41) is 9.67. The maximum atomic E-state index is 13.6. The summed E-state index contributed by atoms with van der Waals surface area (Å²) < 4.78 is 46.6. The van der Waals surface area contributed by atoms with E-state index in [0.29, 0.717) is 24.2 Å². The van der Waals surface area contributed by atoms with Gasteiger partial charge in [0, 0.05) is 16.6 Å².